The zero-order chi connectivity index (χ0) is 11.9. The fraction of sp³-hybridized carbons (Fsp3) is 0.333. The third-order valence-electron chi connectivity index (χ3n) is 2.75. The quantitative estimate of drug-likeness (QED) is 0.793. The zero-order valence-corrected chi connectivity index (χ0v) is 9.41. The zero-order valence-electron chi connectivity index (χ0n) is 9.41. The molecule has 1 heterocycles. The van der Waals surface area contributed by atoms with Crippen molar-refractivity contribution in [1.82, 2.24) is 0 Å². The summed E-state index contributed by atoms with van der Waals surface area (Å²) in [5.41, 5.74) is 9.13. The van der Waals surface area contributed by atoms with Crippen molar-refractivity contribution < 1.29 is 9.59 Å². The number of hydrogen-bond donors (Lipinski definition) is 1. The molecule has 1 aliphatic rings. The van der Waals surface area contributed by atoms with E-state index in [1.54, 1.807) is 0 Å². The Labute approximate surface area is 94.0 Å². The van der Waals surface area contributed by atoms with Gasteiger partial charge < -0.3 is 10.6 Å². The fourth-order valence-corrected chi connectivity index (χ4v) is 2.28. The summed E-state index contributed by atoms with van der Waals surface area (Å²) >= 11 is 0. The van der Waals surface area contributed by atoms with Crippen LogP contribution in [-0.2, 0) is 16.0 Å². The Morgan fingerprint density at radius 3 is 2.75 bits per heavy atom. The van der Waals surface area contributed by atoms with Gasteiger partial charge in [0.2, 0.25) is 11.8 Å². The number of rotatable bonds is 2. The highest BCUT2D eigenvalue weighted by atomic mass is 16.2. The molecular weight excluding hydrogens is 204 g/mol. The molecule has 0 spiro atoms. The van der Waals surface area contributed by atoms with Crippen molar-refractivity contribution in [2.75, 3.05) is 11.4 Å². The second kappa shape index (κ2) is 3.63. The van der Waals surface area contributed by atoms with E-state index in [9.17, 15) is 9.59 Å². The fourth-order valence-electron chi connectivity index (χ4n) is 2.28. The molecule has 0 saturated heterocycles. The van der Waals surface area contributed by atoms with Crippen LogP contribution >= 0.6 is 0 Å². The second-order valence-electron chi connectivity index (χ2n) is 4.21. The molecule has 0 bridgehead atoms. The van der Waals surface area contributed by atoms with Gasteiger partial charge in [0.25, 0.3) is 0 Å². The molecule has 1 aliphatic heterocycles. The average Bonchev–Trinajstić information content (AvgIpc) is 2.41. The Hall–Kier alpha value is -1.84. The molecule has 0 unspecified atom stereocenters. The monoisotopic (exact) mass is 218 g/mol. The van der Waals surface area contributed by atoms with E-state index in [2.05, 4.69) is 0 Å². The van der Waals surface area contributed by atoms with Gasteiger partial charge in [-0.05, 0) is 25.0 Å². The van der Waals surface area contributed by atoms with E-state index in [-0.39, 0.29) is 12.5 Å². The largest absolute Gasteiger partial charge is 0.368 e. The minimum Gasteiger partial charge on any atom is -0.368 e. The van der Waals surface area contributed by atoms with Crippen LogP contribution in [0, 0.1) is 13.8 Å². The number of nitrogens with zero attached hydrogens (tertiary/aromatic N) is 1. The topological polar surface area (TPSA) is 63.4 Å². The number of aryl methyl sites for hydroxylation is 2. The summed E-state index contributed by atoms with van der Waals surface area (Å²) in [5, 5.41) is 0. The van der Waals surface area contributed by atoms with E-state index in [0.29, 0.717) is 6.42 Å². The summed E-state index contributed by atoms with van der Waals surface area (Å²) in [5.74, 6) is -0.538. The number of carbonyl (C=O) groups is 2. The molecule has 16 heavy (non-hydrogen) atoms. The lowest BCUT2D eigenvalue weighted by Gasteiger charge is -2.17. The summed E-state index contributed by atoms with van der Waals surface area (Å²) in [6.45, 7) is 3.91. The van der Waals surface area contributed by atoms with Gasteiger partial charge in [0, 0.05) is 0 Å². The molecule has 2 N–H and O–H groups in total. The van der Waals surface area contributed by atoms with E-state index in [1.807, 2.05) is 26.0 Å². The maximum Gasteiger partial charge on any atom is 0.237 e. The molecule has 0 atom stereocenters. The maximum absolute atomic E-state index is 11.7. The lowest BCUT2D eigenvalue weighted by Crippen LogP contribution is -2.36. The van der Waals surface area contributed by atoms with Gasteiger partial charge >= 0.3 is 0 Å². The van der Waals surface area contributed by atoms with E-state index >= 15 is 0 Å². The van der Waals surface area contributed by atoms with Gasteiger partial charge in [0.05, 0.1) is 12.1 Å². The van der Waals surface area contributed by atoms with Crippen molar-refractivity contribution in [2.45, 2.75) is 20.3 Å². The van der Waals surface area contributed by atoms with Gasteiger partial charge in [0.15, 0.2) is 0 Å². The van der Waals surface area contributed by atoms with Crippen molar-refractivity contribution in [2.24, 2.45) is 5.73 Å². The number of fused-ring (bicyclic) bond motifs is 1. The number of anilines is 1. The third-order valence-corrected chi connectivity index (χ3v) is 2.75. The molecule has 84 valence electrons. The molecule has 0 saturated carbocycles. The summed E-state index contributed by atoms with van der Waals surface area (Å²) in [6, 6.07) is 3.99. The standard InChI is InChI=1S/C12H14N2O2/c1-7-3-8(2)12-9(4-7)5-11(16)14(12)6-10(13)15/h3-4H,5-6H2,1-2H3,(H2,13,15). The van der Waals surface area contributed by atoms with Crippen molar-refractivity contribution in [3.05, 3.63) is 28.8 Å². The lowest BCUT2D eigenvalue weighted by molar-refractivity contribution is -0.121. The molecule has 0 aliphatic carbocycles. The van der Waals surface area contributed by atoms with E-state index in [1.165, 1.54) is 4.90 Å². The van der Waals surface area contributed by atoms with Gasteiger partial charge in [-0.2, -0.15) is 0 Å². The Morgan fingerprint density at radius 2 is 2.12 bits per heavy atom. The van der Waals surface area contributed by atoms with Gasteiger partial charge in [-0.25, -0.2) is 0 Å². The molecule has 0 fully saturated rings. The second-order valence-corrected chi connectivity index (χ2v) is 4.21. The van der Waals surface area contributed by atoms with Crippen LogP contribution in [0.5, 0.6) is 0 Å². The first-order valence-corrected chi connectivity index (χ1v) is 5.18. The number of hydrogen-bond acceptors (Lipinski definition) is 2. The van der Waals surface area contributed by atoms with Crippen LogP contribution in [0.3, 0.4) is 0 Å². The number of primary amides is 1. The number of benzene rings is 1. The average molecular weight is 218 g/mol. The number of amides is 2. The predicted octanol–water partition coefficient (Wildman–Crippen LogP) is 0.678. The van der Waals surface area contributed by atoms with Crippen molar-refractivity contribution in [3.8, 4) is 0 Å². The summed E-state index contributed by atoms with van der Waals surface area (Å²) < 4.78 is 0. The highest BCUT2D eigenvalue weighted by Gasteiger charge is 2.29. The first kappa shape index (κ1) is 10.7. The SMILES string of the molecule is Cc1cc(C)c2c(c1)CC(=O)N2CC(N)=O. The Morgan fingerprint density at radius 1 is 1.44 bits per heavy atom. The number of nitrogens with two attached hydrogens (primary N) is 1. The summed E-state index contributed by atoms with van der Waals surface area (Å²) in [7, 11) is 0. The molecule has 0 radical (unpaired) electrons. The van der Waals surface area contributed by atoms with Gasteiger partial charge in [-0.1, -0.05) is 17.7 Å². The molecule has 1 aromatic carbocycles. The Kier molecular flexibility index (Phi) is 2.42. The molecular formula is C12H14N2O2. The van der Waals surface area contributed by atoms with Crippen LogP contribution in [0.15, 0.2) is 12.1 Å². The van der Waals surface area contributed by atoms with Gasteiger partial charge in [-0.3, -0.25) is 9.59 Å². The third kappa shape index (κ3) is 1.66. The summed E-state index contributed by atoms with van der Waals surface area (Å²) in [6.07, 6.45) is 0.366. The van der Waals surface area contributed by atoms with Crippen LogP contribution in [0.1, 0.15) is 16.7 Å². The lowest BCUT2D eigenvalue weighted by atomic mass is 10.0. The normalized spacial score (nSPS) is 14.1. The highest BCUT2D eigenvalue weighted by Crippen LogP contribution is 2.32. The van der Waals surface area contributed by atoms with Gasteiger partial charge in [-0.15, -0.1) is 0 Å². The van der Waals surface area contributed by atoms with E-state index < -0.39 is 5.91 Å². The molecule has 0 aromatic heterocycles. The molecule has 2 rings (SSSR count). The van der Waals surface area contributed by atoms with Crippen LogP contribution in [-0.4, -0.2) is 18.4 Å². The first-order valence-electron chi connectivity index (χ1n) is 5.18. The van der Waals surface area contributed by atoms with Crippen LogP contribution in [0.25, 0.3) is 0 Å². The molecule has 1 aromatic rings. The Bertz CT molecular complexity index is 480. The van der Waals surface area contributed by atoms with Crippen LogP contribution < -0.4 is 10.6 Å². The van der Waals surface area contributed by atoms with Crippen molar-refractivity contribution in [1.29, 1.82) is 0 Å². The Balaban J connectivity index is 2.48. The van der Waals surface area contributed by atoms with Crippen molar-refractivity contribution >= 4 is 17.5 Å². The van der Waals surface area contributed by atoms with Crippen molar-refractivity contribution in [3.63, 3.8) is 0 Å². The smallest absolute Gasteiger partial charge is 0.237 e. The minimum absolute atomic E-state index is 0.0320. The molecule has 4 heteroatoms. The molecule has 2 amide bonds. The maximum atomic E-state index is 11.7. The molecule has 4 nitrogen and oxygen atoms in total. The van der Waals surface area contributed by atoms with Gasteiger partial charge in [0.1, 0.15) is 6.54 Å². The highest BCUT2D eigenvalue weighted by molar-refractivity contribution is 6.05. The van der Waals surface area contributed by atoms with E-state index in [4.69, 9.17) is 5.73 Å². The van der Waals surface area contributed by atoms with Crippen LogP contribution in [0.4, 0.5) is 5.69 Å². The number of carbonyl (C=O) groups excluding carboxylic acids is 2. The predicted molar refractivity (Wildman–Crippen MR) is 61.2 cm³/mol. The minimum atomic E-state index is -0.485. The first-order chi connectivity index (χ1) is 7.49. The van der Waals surface area contributed by atoms with Crippen LogP contribution in [0.2, 0.25) is 0 Å². The summed E-state index contributed by atoms with van der Waals surface area (Å²) in [4.78, 5) is 24.1. The van der Waals surface area contributed by atoms with E-state index in [0.717, 1.165) is 22.4 Å².